The molecule has 5 nitrogen and oxygen atoms in total. The molecule has 3 N–H and O–H groups in total. The van der Waals surface area contributed by atoms with Crippen molar-refractivity contribution in [2.24, 2.45) is 5.73 Å². The van der Waals surface area contributed by atoms with Crippen LogP contribution in [-0.4, -0.2) is 54.0 Å². The predicted molar refractivity (Wildman–Crippen MR) is 133 cm³/mol. The summed E-state index contributed by atoms with van der Waals surface area (Å²) in [6, 6.07) is 15.8. The van der Waals surface area contributed by atoms with Gasteiger partial charge in [-0.15, -0.1) is 0 Å². The molecule has 2 aromatic carbocycles. The topological polar surface area (TPSA) is 55.4 Å². The van der Waals surface area contributed by atoms with Crippen molar-refractivity contribution in [2.75, 3.05) is 31.6 Å². The van der Waals surface area contributed by atoms with Crippen LogP contribution in [0.4, 0.5) is 18.9 Å². The highest BCUT2D eigenvalue weighted by atomic mass is 19.4. The molecule has 8 heteroatoms. The Kier molecular flexibility index (Phi) is 7.05. The summed E-state index contributed by atoms with van der Waals surface area (Å²) in [6.45, 7) is 3.12. The van der Waals surface area contributed by atoms with E-state index in [1.54, 1.807) is 6.07 Å². The molecule has 0 atom stereocenters. The molecule has 2 aliphatic heterocycles. The van der Waals surface area contributed by atoms with Crippen molar-refractivity contribution in [3.8, 4) is 11.3 Å². The number of nitrogens with one attached hydrogen (secondary N) is 1. The first-order chi connectivity index (χ1) is 16.9. The molecule has 0 unspecified atom stereocenters. The summed E-state index contributed by atoms with van der Waals surface area (Å²) in [5.74, 6) is 0. The number of nitrogens with two attached hydrogens (primary N) is 1. The third kappa shape index (κ3) is 5.50. The molecule has 0 amide bonds. The number of halogens is 3. The maximum absolute atomic E-state index is 13.6. The highest BCUT2D eigenvalue weighted by Gasteiger charge is 2.31. The van der Waals surface area contributed by atoms with Crippen LogP contribution in [0.2, 0.25) is 0 Å². The lowest BCUT2D eigenvalue weighted by Gasteiger charge is -2.39. The van der Waals surface area contributed by atoms with Gasteiger partial charge in [-0.1, -0.05) is 30.3 Å². The van der Waals surface area contributed by atoms with E-state index in [4.69, 9.17) is 10.5 Å². The first-order valence-electron chi connectivity index (χ1n) is 12.5. The van der Waals surface area contributed by atoms with E-state index in [1.165, 1.54) is 4.57 Å². The number of hydrogen-bond acceptors (Lipinski definition) is 4. The zero-order chi connectivity index (χ0) is 24.4. The molecule has 188 valence electrons. The average Bonchev–Trinajstić information content (AvgIpc) is 3.23. The minimum absolute atomic E-state index is 0.301. The lowest BCUT2D eigenvalue weighted by molar-refractivity contribution is -0.139. The minimum atomic E-state index is -4.32. The van der Waals surface area contributed by atoms with Gasteiger partial charge in [-0.25, -0.2) is 0 Å². The van der Waals surface area contributed by atoms with E-state index in [9.17, 15) is 13.2 Å². The number of nitrogens with zero attached hydrogens (tertiary/aromatic N) is 2. The van der Waals surface area contributed by atoms with Crippen molar-refractivity contribution in [3.63, 3.8) is 0 Å². The minimum Gasteiger partial charge on any atom is -0.382 e. The molecular formula is C27H33F3N4O. The van der Waals surface area contributed by atoms with Crippen molar-refractivity contribution in [1.29, 1.82) is 0 Å². The van der Waals surface area contributed by atoms with E-state index in [0.717, 1.165) is 74.2 Å². The molecule has 0 bridgehead atoms. The van der Waals surface area contributed by atoms with Crippen LogP contribution in [0.3, 0.4) is 0 Å². The monoisotopic (exact) mass is 486 g/mol. The zero-order valence-electron chi connectivity index (χ0n) is 19.9. The van der Waals surface area contributed by atoms with Gasteiger partial charge in [0.2, 0.25) is 0 Å². The second-order valence-corrected chi connectivity index (χ2v) is 9.67. The molecule has 35 heavy (non-hydrogen) atoms. The maximum Gasteiger partial charge on any atom is 0.406 e. The van der Waals surface area contributed by atoms with Gasteiger partial charge in [0.1, 0.15) is 6.54 Å². The number of alkyl halides is 3. The van der Waals surface area contributed by atoms with Gasteiger partial charge in [0, 0.05) is 61.7 Å². The van der Waals surface area contributed by atoms with Crippen LogP contribution in [0, 0.1) is 0 Å². The van der Waals surface area contributed by atoms with Gasteiger partial charge in [-0.2, -0.15) is 13.2 Å². The van der Waals surface area contributed by atoms with Gasteiger partial charge < -0.3 is 25.3 Å². The number of likely N-dealkylation sites (tertiary alicyclic amines) is 1. The highest BCUT2D eigenvalue weighted by Crippen LogP contribution is 2.36. The summed E-state index contributed by atoms with van der Waals surface area (Å²) in [4.78, 5) is 2.57. The molecule has 2 aliphatic rings. The molecule has 3 heterocycles. The Balaban J connectivity index is 1.40. The third-order valence-corrected chi connectivity index (χ3v) is 7.36. The number of benzene rings is 2. The van der Waals surface area contributed by atoms with Crippen molar-refractivity contribution in [1.82, 2.24) is 9.47 Å². The number of piperidine rings is 1. The van der Waals surface area contributed by atoms with Crippen molar-refractivity contribution < 1.29 is 17.9 Å². The summed E-state index contributed by atoms with van der Waals surface area (Å²) < 4.78 is 47.6. The SMILES string of the molecule is NCc1ccc(-c2cc3c(NC4CCN(C5CCOCC5)CC4)cccc3n2CC(F)(F)F)cc1. The van der Waals surface area contributed by atoms with Crippen LogP contribution in [0.1, 0.15) is 31.2 Å². The van der Waals surface area contributed by atoms with Crippen molar-refractivity contribution in [2.45, 2.75) is 57.0 Å². The maximum atomic E-state index is 13.6. The fourth-order valence-electron chi connectivity index (χ4n) is 5.49. The second-order valence-electron chi connectivity index (χ2n) is 9.67. The molecule has 0 saturated carbocycles. The Hall–Kier alpha value is -2.55. The Bertz CT molecular complexity index is 1130. The second kappa shape index (κ2) is 10.2. The van der Waals surface area contributed by atoms with Gasteiger partial charge in [-0.05, 0) is 55.0 Å². The van der Waals surface area contributed by atoms with Gasteiger partial charge in [-0.3, -0.25) is 0 Å². The first-order valence-corrected chi connectivity index (χ1v) is 12.5. The highest BCUT2D eigenvalue weighted by molar-refractivity contribution is 5.96. The van der Waals surface area contributed by atoms with Gasteiger partial charge in [0.05, 0.1) is 5.52 Å². The van der Waals surface area contributed by atoms with Crippen molar-refractivity contribution in [3.05, 3.63) is 54.1 Å². The summed E-state index contributed by atoms with van der Waals surface area (Å²) in [5, 5.41) is 4.48. The summed E-state index contributed by atoms with van der Waals surface area (Å²) in [5.41, 5.74) is 9.44. The number of anilines is 1. The molecular weight excluding hydrogens is 453 g/mol. The van der Waals surface area contributed by atoms with Crippen LogP contribution < -0.4 is 11.1 Å². The van der Waals surface area contributed by atoms with E-state index >= 15 is 0 Å². The molecule has 1 aromatic heterocycles. The van der Waals surface area contributed by atoms with E-state index in [0.29, 0.717) is 29.8 Å². The Morgan fingerprint density at radius 3 is 2.34 bits per heavy atom. The average molecular weight is 487 g/mol. The predicted octanol–water partition coefficient (Wildman–Crippen LogP) is 5.38. The lowest BCUT2D eigenvalue weighted by atomic mass is 9.99. The standard InChI is InChI=1S/C27H33F3N4O/c28-27(29,30)18-34-25-3-1-2-24(23(25)16-26(34)20-6-4-19(17-31)5-7-20)32-21-8-12-33(13-9-21)22-10-14-35-15-11-22/h1-7,16,21-22,32H,8-15,17-18,31H2. The fraction of sp³-hybridized carbons (Fsp3) is 0.481. The number of aromatic nitrogens is 1. The Morgan fingerprint density at radius 1 is 0.971 bits per heavy atom. The quantitative estimate of drug-likeness (QED) is 0.491. The van der Waals surface area contributed by atoms with Crippen molar-refractivity contribution >= 4 is 16.6 Å². The largest absolute Gasteiger partial charge is 0.406 e. The molecule has 3 aromatic rings. The molecule has 0 radical (unpaired) electrons. The van der Waals surface area contributed by atoms with E-state index in [1.807, 2.05) is 42.5 Å². The molecule has 2 saturated heterocycles. The summed E-state index contributed by atoms with van der Waals surface area (Å²) in [7, 11) is 0. The van der Waals surface area contributed by atoms with Gasteiger partial charge >= 0.3 is 6.18 Å². The van der Waals surface area contributed by atoms with Gasteiger partial charge in [0.15, 0.2) is 0 Å². The van der Waals surface area contributed by atoms with E-state index < -0.39 is 12.7 Å². The molecule has 0 aliphatic carbocycles. The normalized spacial score (nSPS) is 18.9. The van der Waals surface area contributed by atoms with Crippen LogP contribution in [0.5, 0.6) is 0 Å². The van der Waals surface area contributed by atoms with E-state index in [2.05, 4.69) is 10.2 Å². The number of ether oxygens (including phenoxy) is 1. The van der Waals surface area contributed by atoms with Crippen LogP contribution in [0.15, 0.2) is 48.5 Å². The lowest BCUT2D eigenvalue weighted by Crippen LogP contribution is -2.46. The number of rotatable bonds is 6. The zero-order valence-corrected chi connectivity index (χ0v) is 19.9. The van der Waals surface area contributed by atoms with E-state index in [-0.39, 0.29) is 0 Å². The van der Waals surface area contributed by atoms with Crippen LogP contribution in [0.25, 0.3) is 22.2 Å². The molecule has 5 rings (SSSR count). The number of hydrogen-bond donors (Lipinski definition) is 2. The molecule has 0 spiro atoms. The Labute approximate surface area is 204 Å². The third-order valence-electron chi connectivity index (χ3n) is 7.36. The first kappa shape index (κ1) is 24.2. The van der Waals surface area contributed by atoms with Gasteiger partial charge in [0.25, 0.3) is 0 Å². The fourth-order valence-corrected chi connectivity index (χ4v) is 5.49. The number of fused-ring (bicyclic) bond motifs is 1. The summed E-state index contributed by atoms with van der Waals surface area (Å²) in [6.07, 6.45) is -0.0918. The Morgan fingerprint density at radius 2 is 1.69 bits per heavy atom. The van der Waals surface area contributed by atoms with Crippen LogP contribution in [-0.2, 0) is 17.8 Å². The van der Waals surface area contributed by atoms with Crippen LogP contribution >= 0.6 is 0 Å². The summed E-state index contributed by atoms with van der Waals surface area (Å²) >= 11 is 0. The smallest absolute Gasteiger partial charge is 0.382 e. The molecule has 2 fully saturated rings.